The Hall–Kier alpha value is -2.03. The van der Waals surface area contributed by atoms with Crippen LogP contribution in [0.2, 0.25) is 0 Å². The monoisotopic (exact) mass is 392 g/mol. The first kappa shape index (κ1) is 18.8. The number of thioether (sulfide) groups is 1. The summed E-state index contributed by atoms with van der Waals surface area (Å²) in [4.78, 5) is 13.0. The lowest BCUT2D eigenvalue weighted by Gasteiger charge is -2.11. The Morgan fingerprint density at radius 2 is 2.08 bits per heavy atom. The van der Waals surface area contributed by atoms with Crippen LogP contribution in [0, 0.1) is 5.92 Å². The molecule has 0 saturated carbocycles. The number of ether oxygens (including phenoxy) is 1. The summed E-state index contributed by atoms with van der Waals surface area (Å²) in [6.07, 6.45) is 0. The van der Waals surface area contributed by atoms with Gasteiger partial charge in [-0.1, -0.05) is 19.1 Å². The molecule has 3 rings (SSSR count). The molecular formula is C18H20N2O4S2. The Labute approximate surface area is 157 Å². The van der Waals surface area contributed by atoms with Crippen molar-refractivity contribution < 1.29 is 17.9 Å². The smallest absolute Gasteiger partial charge is 0.240 e. The van der Waals surface area contributed by atoms with Gasteiger partial charge in [0.05, 0.1) is 17.7 Å². The third-order valence-corrected chi connectivity index (χ3v) is 6.79. The van der Waals surface area contributed by atoms with Gasteiger partial charge in [-0.3, -0.25) is 4.79 Å². The third-order valence-electron chi connectivity index (χ3n) is 4.06. The lowest BCUT2D eigenvalue weighted by molar-refractivity contribution is -0.118. The minimum atomic E-state index is -3.71. The highest BCUT2D eigenvalue weighted by Gasteiger charge is 2.22. The van der Waals surface area contributed by atoms with E-state index in [1.54, 1.807) is 49.2 Å². The van der Waals surface area contributed by atoms with Gasteiger partial charge in [0.25, 0.3) is 0 Å². The fraction of sp³-hybridized carbons (Fsp3) is 0.278. The molecule has 1 atom stereocenters. The quantitative estimate of drug-likeness (QED) is 0.817. The van der Waals surface area contributed by atoms with Crippen molar-refractivity contribution in [1.29, 1.82) is 0 Å². The van der Waals surface area contributed by atoms with Crippen LogP contribution in [0.25, 0.3) is 0 Å². The Morgan fingerprint density at radius 3 is 2.85 bits per heavy atom. The SMILES string of the molecule is COc1cccc(CNS(=O)(=O)c2ccc3c(c2)NC(=O)[C@@H](C)CS3)c1. The molecule has 0 unspecified atom stereocenters. The van der Waals surface area contributed by atoms with Gasteiger partial charge in [0.1, 0.15) is 5.75 Å². The minimum absolute atomic E-state index is 0.102. The van der Waals surface area contributed by atoms with E-state index in [1.165, 1.54) is 6.07 Å². The Morgan fingerprint density at radius 1 is 1.27 bits per heavy atom. The summed E-state index contributed by atoms with van der Waals surface area (Å²) in [5, 5.41) is 2.80. The first-order chi connectivity index (χ1) is 12.4. The molecule has 0 bridgehead atoms. The first-order valence-corrected chi connectivity index (χ1v) is 10.6. The number of nitrogens with one attached hydrogen (secondary N) is 2. The van der Waals surface area contributed by atoms with Crippen LogP contribution in [0.4, 0.5) is 5.69 Å². The van der Waals surface area contributed by atoms with Crippen molar-refractivity contribution in [3.05, 3.63) is 48.0 Å². The van der Waals surface area contributed by atoms with E-state index in [0.29, 0.717) is 17.2 Å². The lowest BCUT2D eigenvalue weighted by atomic mass is 10.2. The number of hydrogen-bond acceptors (Lipinski definition) is 5. The molecule has 2 aromatic carbocycles. The van der Waals surface area contributed by atoms with Crippen molar-refractivity contribution in [3.63, 3.8) is 0 Å². The molecule has 1 aliphatic rings. The summed E-state index contributed by atoms with van der Waals surface area (Å²) in [6, 6.07) is 12.0. The molecule has 0 spiro atoms. The average molecular weight is 393 g/mol. The van der Waals surface area contributed by atoms with E-state index >= 15 is 0 Å². The highest BCUT2D eigenvalue weighted by atomic mass is 32.2. The largest absolute Gasteiger partial charge is 0.497 e. The molecule has 2 N–H and O–H groups in total. The summed E-state index contributed by atoms with van der Waals surface area (Å²) in [5.74, 6) is 1.10. The minimum Gasteiger partial charge on any atom is -0.497 e. The molecule has 26 heavy (non-hydrogen) atoms. The van der Waals surface area contributed by atoms with Crippen molar-refractivity contribution in [2.24, 2.45) is 5.92 Å². The molecule has 6 nitrogen and oxygen atoms in total. The normalized spacial score (nSPS) is 17.2. The summed E-state index contributed by atoms with van der Waals surface area (Å²) in [5.41, 5.74) is 1.33. The number of hydrogen-bond donors (Lipinski definition) is 2. The van der Waals surface area contributed by atoms with Crippen molar-refractivity contribution in [2.75, 3.05) is 18.2 Å². The van der Waals surface area contributed by atoms with Gasteiger partial charge >= 0.3 is 0 Å². The number of methoxy groups -OCH3 is 1. The van der Waals surface area contributed by atoms with Gasteiger partial charge < -0.3 is 10.1 Å². The Balaban J connectivity index is 1.79. The van der Waals surface area contributed by atoms with Crippen molar-refractivity contribution >= 4 is 33.4 Å². The molecular weight excluding hydrogens is 372 g/mol. The van der Waals surface area contributed by atoms with Crippen LogP contribution in [0.15, 0.2) is 52.3 Å². The second-order valence-electron chi connectivity index (χ2n) is 6.04. The van der Waals surface area contributed by atoms with Gasteiger partial charge in [-0.15, -0.1) is 11.8 Å². The molecule has 1 amide bonds. The first-order valence-electron chi connectivity index (χ1n) is 8.09. The van der Waals surface area contributed by atoms with Crippen LogP contribution >= 0.6 is 11.8 Å². The summed E-state index contributed by atoms with van der Waals surface area (Å²) in [6.45, 7) is 2.00. The summed E-state index contributed by atoms with van der Waals surface area (Å²) >= 11 is 1.54. The molecule has 1 heterocycles. The van der Waals surface area contributed by atoms with Crippen LogP contribution in [0.1, 0.15) is 12.5 Å². The molecule has 0 aromatic heterocycles. The van der Waals surface area contributed by atoms with Gasteiger partial charge in [0.15, 0.2) is 0 Å². The summed E-state index contributed by atoms with van der Waals surface area (Å²) in [7, 11) is -2.14. The zero-order valence-electron chi connectivity index (χ0n) is 14.5. The van der Waals surface area contributed by atoms with E-state index in [0.717, 1.165) is 10.5 Å². The molecule has 1 aliphatic heterocycles. The maximum Gasteiger partial charge on any atom is 0.240 e. The van der Waals surface area contributed by atoms with E-state index < -0.39 is 10.0 Å². The van der Waals surface area contributed by atoms with Gasteiger partial charge in [-0.2, -0.15) is 0 Å². The number of anilines is 1. The number of rotatable bonds is 5. The van der Waals surface area contributed by atoms with Crippen LogP contribution in [-0.2, 0) is 21.4 Å². The van der Waals surface area contributed by atoms with Crippen LogP contribution in [0.3, 0.4) is 0 Å². The number of carbonyl (C=O) groups excluding carboxylic acids is 1. The second kappa shape index (κ2) is 7.69. The topological polar surface area (TPSA) is 84.5 Å². The molecule has 2 aromatic rings. The lowest BCUT2D eigenvalue weighted by Crippen LogP contribution is -2.24. The van der Waals surface area contributed by atoms with E-state index in [-0.39, 0.29) is 23.3 Å². The molecule has 0 fully saturated rings. The van der Waals surface area contributed by atoms with Crippen LogP contribution in [0.5, 0.6) is 5.75 Å². The second-order valence-corrected chi connectivity index (χ2v) is 8.86. The highest BCUT2D eigenvalue weighted by molar-refractivity contribution is 7.99. The Kier molecular flexibility index (Phi) is 5.55. The number of sulfonamides is 1. The molecule has 0 saturated heterocycles. The van der Waals surface area contributed by atoms with Gasteiger partial charge in [-0.05, 0) is 35.9 Å². The number of fused-ring (bicyclic) bond motifs is 1. The van der Waals surface area contributed by atoms with Crippen molar-refractivity contribution in [3.8, 4) is 5.75 Å². The molecule has 0 aliphatic carbocycles. The standard InChI is InChI=1S/C18H20N2O4S2/c1-12-11-25-17-7-6-15(9-16(17)20-18(12)21)26(22,23)19-10-13-4-3-5-14(8-13)24-2/h3-9,12,19H,10-11H2,1-2H3,(H,20,21)/t12-/m0/s1. The maximum atomic E-state index is 12.6. The fourth-order valence-electron chi connectivity index (χ4n) is 2.49. The molecule has 8 heteroatoms. The van der Waals surface area contributed by atoms with Crippen molar-refractivity contribution in [2.45, 2.75) is 23.3 Å². The van der Waals surface area contributed by atoms with Gasteiger partial charge in [0, 0.05) is 23.1 Å². The van der Waals surface area contributed by atoms with Crippen LogP contribution in [-0.4, -0.2) is 27.2 Å². The maximum absolute atomic E-state index is 12.6. The zero-order valence-corrected chi connectivity index (χ0v) is 16.1. The van der Waals surface area contributed by atoms with Crippen LogP contribution < -0.4 is 14.8 Å². The van der Waals surface area contributed by atoms with Gasteiger partial charge in [-0.25, -0.2) is 13.1 Å². The average Bonchev–Trinajstić information content (AvgIpc) is 2.78. The third kappa shape index (κ3) is 4.20. The van der Waals surface area contributed by atoms with E-state index in [9.17, 15) is 13.2 Å². The zero-order chi connectivity index (χ0) is 18.7. The summed E-state index contributed by atoms with van der Waals surface area (Å²) < 4.78 is 33.0. The van der Waals surface area contributed by atoms with E-state index in [1.807, 2.05) is 13.0 Å². The predicted octanol–water partition coefficient (Wildman–Crippen LogP) is 2.85. The number of carbonyl (C=O) groups is 1. The number of amides is 1. The highest BCUT2D eigenvalue weighted by Crippen LogP contribution is 2.34. The Bertz CT molecular complexity index is 929. The fourth-order valence-corrected chi connectivity index (χ4v) is 4.54. The predicted molar refractivity (Wildman–Crippen MR) is 102 cm³/mol. The molecule has 138 valence electrons. The van der Waals surface area contributed by atoms with Crippen molar-refractivity contribution in [1.82, 2.24) is 4.72 Å². The number of benzene rings is 2. The van der Waals surface area contributed by atoms with E-state index in [4.69, 9.17) is 4.74 Å². The van der Waals surface area contributed by atoms with Gasteiger partial charge in [0.2, 0.25) is 15.9 Å². The van der Waals surface area contributed by atoms with E-state index in [2.05, 4.69) is 10.0 Å². The molecule has 0 radical (unpaired) electrons.